The zero-order valence-corrected chi connectivity index (χ0v) is 17.8. The molecular weight excluding hydrogens is 342 g/mol. The van der Waals surface area contributed by atoms with Gasteiger partial charge in [-0.3, -0.25) is 0 Å². The number of allylic oxidation sites excluding steroid dienone is 4. The van der Waals surface area contributed by atoms with Crippen LogP contribution < -0.4 is 0 Å². The lowest BCUT2D eigenvalue weighted by molar-refractivity contribution is 0.141. The van der Waals surface area contributed by atoms with Gasteiger partial charge in [-0.05, 0) is 77.1 Å². The van der Waals surface area contributed by atoms with Crippen molar-refractivity contribution in [1.82, 2.24) is 4.90 Å². The third-order valence-electron chi connectivity index (χ3n) is 6.33. The van der Waals surface area contributed by atoms with Crippen LogP contribution in [0, 0.1) is 17.8 Å². The van der Waals surface area contributed by atoms with Gasteiger partial charge in [0.2, 0.25) is 0 Å². The van der Waals surface area contributed by atoms with Crippen LogP contribution >= 0.6 is 0 Å². The first-order valence-electron chi connectivity index (χ1n) is 11.0. The van der Waals surface area contributed by atoms with Gasteiger partial charge in [-0.2, -0.15) is 0 Å². The molecule has 2 nitrogen and oxygen atoms in total. The molecule has 1 saturated carbocycles. The lowest BCUT2D eigenvalue weighted by Crippen LogP contribution is -2.17. The fourth-order valence-electron chi connectivity index (χ4n) is 4.87. The monoisotopic (exact) mass is 379 g/mol. The van der Waals surface area contributed by atoms with E-state index in [2.05, 4.69) is 74.5 Å². The first kappa shape index (κ1) is 21.1. The van der Waals surface area contributed by atoms with Crippen LogP contribution in [0.3, 0.4) is 0 Å². The van der Waals surface area contributed by atoms with E-state index in [0.29, 0.717) is 17.8 Å². The quantitative estimate of drug-likeness (QED) is 0.337. The summed E-state index contributed by atoms with van der Waals surface area (Å²) in [4.78, 5) is 2.27. The van der Waals surface area contributed by atoms with Crippen molar-refractivity contribution in [1.29, 1.82) is 0 Å². The predicted molar refractivity (Wildman–Crippen MR) is 120 cm³/mol. The Morgan fingerprint density at radius 2 is 1.93 bits per heavy atom. The smallest absolute Gasteiger partial charge is 0.0611 e. The Morgan fingerprint density at radius 1 is 1.14 bits per heavy atom. The Kier molecular flexibility index (Phi) is 7.70. The van der Waals surface area contributed by atoms with Crippen LogP contribution in [0.5, 0.6) is 0 Å². The topological polar surface area (TPSA) is 23.5 Å². The summed E-state index contributed by atoms with van der Waals surface area (Å²) in [6.45, 7) is 3.34. The van der Waals surface area contributed by atoms with Gasteiger partial charge in [0.25, 0.3) is 0 Å². The number of aliphatic hydroxyl groups is 1. The second-order valence-corrected chi connectivity index (χ2v) is 9.01. The molecular formula is C26H37NO. The fraction of sp³-hybridized carbons (Fsp3) is 0.538. The molecule has 28 heavy (non-hydrogen) atoms. The Bertz CT molecular complexity index is 700. The van der Waals surface area contributed by atoms with Gasteiger partial charge in [-0.1, -0.05) is 72.2 Å². The number of nitrogens with zero attached hydrogens (tertiary/aromatic N) is 1. The van der Waals surface area contributed by atoms with Gasteiger partial charge < -0.3 is 10.0 Å². The van der Waals surface area contributed by atoms with E-state index in [-0.39, 0.29) is 6.10 Å². The van der Waals surface area contributed by atoms with Crippen molar-refractivity contribution >= 4 is 6.08 Å². The van der Waals surface area contributed by atoms with Crippen LogP contribution in [0.15, 0.2) is 59.7 Å². The molecule has 0 unspecified atom stereocenters. The van der Waals surface area contributed by atoms with Crippen molar-refractivity contribution in [2.24, 2.45) is 17.8 Å². The Labute approximate surface area is 171 Å². The van der Waals surface area contributed by atoms with Gasteiger partial charge in [0.15, 0.2) is 0 Å². The van der Waals surface area contributed by atoms with Crippen LogP contribution in [-0.2, 0) is 0 Å². The minimum atomic E-state index is -0.186. The van der Waals surface area contributed by atoms with Crippen LogP contribution in [0.2, 0.25) is 0 Å². The molecule has 0 amide bonds. The fourth-order valence-corrected chi connectivity index (χ4v) is 4.87. The lowest BCUT2D eigenvalue weighted by Gasteiger charge is -2.18. The van der Waals surface area contributed by atoms with Gasteiger partial charge in [0.1, 0.15) is 0 Å². The maximum absolute atomic E-state index is 10.6. The predicted octanol–water partition coefficient (Wildman–Crippen LogP) is 5.71. The third kappa shape index (κ3) is 5.93. The van der Waals surface area contributed by atoms with Gasteiger partial charge >= 0.3 is 0 Å². The molecule has 3 rings (SSSR count). The van der Waals surface area contributed by atoms with Crippen molar-refractivity contribution in [2.45, 2.75) is 51.6 Å². The van der Waals surface area contributed by atoms with Gasteiger partial charge in [0.05, 0.1) is 6.10 Å². The standard InChI is InChI=1S/C26H37NO/c1-20(16-21-10-6-4-7-11-21)13-14-24-25-18-22(17-23(25)19-26(24)28)12-8-5-9-15-27(2)3/h4,6-7,10-11,13-14,16-17,23-26,28H,5,8-9,12,15,18-19H2,1-3H3/b14-13+,20-16+/t23-,24+,25-,26+/m0/s1. The van der Waals surface area contributed by atoms with Gasteiger partial charge in [-0.15, -0.1) is 0 Å². The van der Waals surface area contributed by atoms with Crippen molar-refractivity contribution in [3.63, 3.8) is 0 Å². The average molecular weight is 380 g/mol. The van der Waals surface area contributed by atoms with Crippen molar-refractivity contribution in [2.75, 3.05) is 20.6 Å². The van der Waals surface area contributed by atoms with E-state index in [1.807, 2.05) is 6.07 Å². The zero-order chi connectivity index (χ0) is 19.9. The summed E-state index contributed by atoms with van der Waals surface area (Å²) in [6, 6.07) is 10.4. The minimum absolute atomic E-state index is 0.186. The Morgan fingerprint density at radius 3 is 2.68 bits per heavy atom. The highest BCUT2D eigenvalue weighted by atomic mass is 16.3. The maximum atomic E-state index is 10.6. The number of aliphatic hydroxyl groups excluding tert-OH is 1. The van der Waals surface area contributed by atoms with Crippen LogP contribution in [0.1, 0.15) is 51.0 Å². The summed E-state index contributed by atoms with van der Waals surface area (Å²) in [5.74, 6) is 1.49. The summed E-state index contributed by atoms with van der Waals surface area (Å²) < 4.78 is 0. The molecule has 4 atom stereocenters. The molecule has 2 aliphatic rings. The van der Waals surface area contributed by atoms with Crippen molar-refractivity contribution in [3.05, 3.63) is 65.3 Å². The second kappa shape index (κ2) is 10.2. The van der Waals surface area contributed by atoms with Crippen molar-refractivity contribution < 1.29 is 5.11 Å². The van der Waals surface area contributed by atoms with Crippen LogP contribution in [0.25, 0.3) is 6.08 Å². The van der Waals surface area contributed by atoms with E-state index in [1.165, 1.54) is 49.8 Å². The number of rotatable bonds is 9. The highest BCUT2D eigenvalue weighted by Gasteiger charge is 2.43. The van der Waals surface area contributed by atoms with E-state index in [0.717, 1.165) is 6.42 Å². The highest BCUT2D eigenvalue weighted by Crippen LogP contribution is 2.48. The Balaban J connectivity index is 1.50. The molecule has 1 fully saturated rings. The summed E-state index contributed by atoms with van der Waals surface area (Å²) in [7, 11) is 4.30. The molecule has 0 bridgehead atoms. The Hall–Kier alpha value is -1.64. The average Bonchev–Trinajstić information content (AvgIpc) is 3.16. The molecule has 2 heteroatoms. The van der Waals surface area contributed by atoms with Crippen molar-refractivity contribution in [3.8, 4) is 0 Å². The normalized spacial score (nSPS) is 27.6. The molecule has 0 spiro atoms. The molecule has 0 radical (unpaired) electrons. The summed E-state index contributed by atoms with van der Waals surface area (Å²) in [5.41, 5.74) is 4.12. The second-order valence-electron chi connectivity index (χ2n) is 9.01. The lowest BCUT2D eigenvalue weighted by atomic mass is 9.88. The van der Waals surface area contributed by atoms with Gasteiger partial charge in [-0.25, -0.2) is 0 Å². The first-order chi connectivity index (χ1) is 13.5. The molecule has 2 aliphatic carbocycles. The SMILES string of the molecule is CC(/C=C/[C@@H]1[C@H]2CC(CCCCCN(C)C)=C[C@H]2C[C@H]1O)=C\c1ccccc1. The summed E-state index contributed by atoms with van der Waals surface area (Å²) in [5, 5.41) is 10.6. The number of unbranched alkanes of at least 4 members (excludes halogenated alkanes) is 2. The van der Waals surface area contributed by atoms with Gasteiger partial charge in [0, 0.05) is 5.92 Å². The number of fused-ring (bicyclic) bond motifs is 1. The van der Waals surface area contributed by atoms with E-state index in [9.17, 15) is 5.11 Å². The minimum Gasteiger partial charge on any atom is -0.392 e. The summed E-state index contributed by atoms with van der Waals surface area (Å²) in [6.07, 6.45) is 16.3. The molecule has 152 valence electrons. The molecule has 0 saturated heterocycles. The largest absolute Gasteiger partial charge is 0.392 e. The molecule has 0 aliphatic heterocycles. The molecule has 0 heterocycles. The molecule has 0 aromatic heterocycles. The van der Waals surface area contributed by atoms with E-state index in [1.54, 1.807) is 5.57 Å². The number of hydrogen-bond acceptors (Lipinski definition) is 2. The molecule has 1 N–H and O–H groups in total. The number of hydrogen-bond donors (Lipinski definition) is 1. The van der Waals surface area contributed by atoms with E-state index >= 15 is 0 Å². The zero-order valence-electron chi connectivity index (χ0n) is 17.8. The van der Waals surface area contributed by atoms with Crippen LogP contribution in [0.4, 0.5) is 0 Å². The first-order valence-corrected chi connectivity index (χ1v) is 11.0. The highest BCUT2D eigenvalue weighted by molar-refractivity contribution is 5.55. The molecule has 1 aromatic carbocycles. The van der Waals surface area contributed by atoms with E-state index in [4.69, 9.17) is 0 Å². The summed E-state index contributed by atoms with van der Waals surface area (Å²) >= 11 is 0. The third-order valence-corrected chi connectivity index (χ3v) is 6.33. The van der Waals surface area contributed by atoms with Crippen LogP contribution in [-0.4, -0.2) is 36.8 Å². The van der Waals surface area contributed by atoms with E-state index < -0.39 is 0 Å². The molecule has 1 aromatic rings. The number of benzene rings is 1. The maximum Gasteiger partial charge on any atom is 0.0611 e.